The number of para-hydroxylation sites is 1. The van der Waals surface area contributed by atoms with Crippen LogP contribution in [0.5, 0.6) is 11.5 Å². The highest BCUT2D eigenvalue weighted by atomic mass is 32.2. The predicted octanol–water partition coefficient (Wildman–Crippen LogP) is 3.17. The molecule has 3 aromatic carbocycles. The lowest BCUT2D eigenvalue weighted by molar-refractivity contribution is -0.131. The maximum Gasteiger partial charge on any atom is 0.261 e. The molecule has 160 valence electrons. The first-order chi connectivity index (χ1) is 15.0. The molecule has 3 N–H and O–H groups in total. The number of nitrogens with one attached hydrogen (secondary N) is 2. The average molecular weight is 439 g/mol. The number of hydrogen-bond acceptors (Lipinski definition) is 5. The van der Waals surface area contributed by atoms with Gasteiger partial charge in [0.15, 0.2) is 0 Å². The summed E-state index contributed by atoms with van der Waals surface area (Å²) in [5, 5.41) is 9.07. The Morgan fingerprint density at radius 3 is 2.45 bits per heavy atom. The van der Waals surface area contributed by atoms with Crippen molar-refractivity contribution in [3.8, 4) is 11.5 Å². The molecular formula is C23H22N2O5S. The summed E-state index contributed by atoms with van der Waals surface area (Å²) in [5.74, 6) is 0.547. The van der Waals surface area contributed by atoms with Gasteiger partial charge in [0, 0.05) is 12.0 Å². The third kappa shape index (κ3) is 4.77. The van der Waals surface area contributed by atoms with Crippen LogP contribution >= 0.6 is 0 Å². The highest BCUT2D eigenvalue weighted by Crippen LogP contribution is 2.37. The van der Waals surface area contributed by atoms with Crippen LogP contribution in [-0.4, -0.2) is 25.6 Å². The molecule has 3 aromatic rings. The maximum atomic E-state index is 13.0. The first kappa shape index (κ1) is 21.0. The summed E-state index contributed by atoms with van der Waals surface area (Å²) in [7, 11) is -4.01. The fourth-order valence-corrected chi connectivity index (χ4v) is 4.85. The van der Waals surface area contributed by atoms with Gasteiger partial charge in [0.25, 0.3) is 5.91 Å². The van der Waals surface area contributed by atoms with Crippen molar-refractivity contribution in [1.29, 1.82) is 0 Å². The van der Waals surface area contributed by atoms with E-state index >= 15 is 0 Å². The summed E-state index contributed by atoms with van der Waals surface area (Å²) in [6.07, 6.45) is 1.21. The molecular weight excluding hydrogens is 416 g/mol. The van der Waals surface area contributed by atoms with Crippen LogP contribution in [0.25, 0.3) is 0 Å². The van der Waals surface area contributed by atoms with Gasteiger partial charge in [0.2, 0.25) is 10.0 Å². The molecule has 8 heteroatoms. The summed E-state index contributed by atoms with van der Waals surface area (Å²) in [6.45, 7) is 0. The number of fused-ring (bicyclic) bond motifs is 2. The third-order valence-corrected chi connectivity index (χ3v) is 6.67. The highest BCUT2D eigenvalue weighted by molar-refractivity contribution is 7.89. The predicted molar refractivity (Wildman–Crippen MR) is 115 cm³/mol. The van der Waals surface area contributed by atoms with Gasteiger partial charge >= 0.3 is 0 Å². The van der Waals surface area contributed by atoms with Gasteiger partial charge in [-0.3, -0.25) is 10.0 Å². The van der Waals surface area contributed by atoms with Gasteiger partial charge in [0.1, 0.15) is 17.5 Å². The Morgan fingerprint density at radius 1 is 0.968 bits per heavy atom. The Morgan fingerprint density at radius 2 is 1.68 bits per heavy atom. The zero-order chi connectivity index (χ0) is 21.8. The van der Waals surface area contributed by atoms with Crippen LogP contribution in [-0.2, 0) is 27.7 Å². The van der Waals surface area contributed by atoms with Crippen molar-refractivity contribution >= 4 is 15.9 Å². The van der Waals surface area contributed by atoms with Crippen molar-refractivity contribution in [3.05, 3.63) is 89.5 Å². The zero-order valence-corrected chi connectivity index (χ0v) is 17.4. The lowest BCUT2D eigenvalue weighted by Crippen LogP contribution is -2.46. The number of hydrogen-bond donors (Lipinski definition) is 3. The van der Waals surface area contributed by atoms with Crippen molar-refractivity contribution in [2.45, 2.75) is 30.2 Å². The minimum atomic E-state index is -4.01. The van der Waals surface area contributed by atoms with E-state index in [1.807, 2.05) is 54.6 Å². The number of rotatable bonds is 7. The Labute approximate surface area is 180 Å². The molecule has 0 bridgehead atoms. The van der Waals surface area contributed by atoms with Crippen LogP contribution in [0.4, 0.5) is 0 Å². The van der Waals surface area contributed by atoms with Crippen LogP contribution < -0.4 is 14.9 Å². The Bertz CT molecular complexity index is 1200. The van der Waals surface area contributed by atoms with Crippen LogP contribution in [0.2, 0.25) is 0 Å². The second-order valence-corrected chi connectivity index (χ2v) is 9.04. The average Bonchev–Trinajstić information content (AvgIpc) is 2.80. The van der Waals surface area contributed by atoms with E-state index in [1.54, 1.807) is 17.6 Å². The largest absolute Gasteiger partial charge is 0.457 e. The van der Waals surface area contributed by atoms with Gasteiger partial charge < -0.3 is 4.74 Å². The Kier molecular flexibility index (Phi) is 6.03. The Balaban J connectivity index is 1.53. The van der Waals surface area contributed by atoms with Crippen molar-refractivity contribution in [2.75, 3.05) is 0 Å². The second-order valence-electron chi connectivity index (χ2n) is 7.33. The van der Waals surface area contributed by atoms with Crippen LogP contribution in [0.15, 0.2) is 77.7 Å². The monoisotopic (exact) mass is 438 g/mol. The standard InChI is InChI=1S/C23H22N2O5S/c26-23(24-27)20(12-10-16-6-2-1-3-7-16)25-31(28,29)19-11-13-22-18(15-19)14-17-8-4-5-9-21(17)30-22/h1-9,11,13,15,20,25,27H,10,12,14H2,(H,24,26)/t20-/m1/s1. The fourth-order valence-electron chi connectivity index (χ4n) is 3.57. The molecule has 1 heterocycles. The topological polar surface area (TPSA) is 105 Å². The number of sulfonamides is 1. The van der Waals surface area contributed by atoms with Crippen molar-refractivity contribution < 1.29 is 23.2 Å². The zero-order valence-electron chi connectivity index (χ0n) is 16.6. The molecule has 0 unspecified atom stereocenters. The molecule has 1 amide bonds. The van der Waals surface area contributed by atoms with Gasteiger partial charge in [0.05, 0.1) is 4.90 Å². The molecule has 31 heavy (non-hydrogen) atoms. The summed E-state index contributed by atoms with van der Waals surface area (Å²) in [5.41, 5.74) is 4.23. The molecule has 0 fully saturated rings. The molecule has 0 aromatic heterocycles. The maximum absolute atomic E-state index is 13.0. The van der Waals surface area contributed by atoms with Crippen LogP contribution in [0, 0.1) is 0 Å². The number of hydroxylamine groups is 1. The summed E-state index contributed by atoms with van der Waals surface area (Å²) < 4.78 is 34.3. The molecule has 1 atom stereocenters. The number of carbonyl (C=O) groups excluding carboxylic acids is 1. The van der Waals surface area contributed by atoms with E-state index in [2.05, 4.69) is 4.72 Å². The molecule has 0 aliphatic carbocycles. The summed E-state index contributed by atoms with van der Waals surface area (Å²) >= 11 is 0. The third-order valence-electron chi connectivity index (χ3n) is 5.20. The van der Waals surface area contributed by atoms with E-state index in [0.29, 0.717) is 18.6 Å². The smallest absolute Gasteiger partial charge is 0.261 e. The number of carbonyl (C=O) groups is 1. The Hall–Kier alpha value is -3.20. The first-order valence-corrected chi connectivity index (χ1v) is 11.3. The van der Waals surface area contributed by atoms with E-state index in [0.717, 1.165) is 22.4 Å². The molecule has 0 radical (unpaired) electrons. The quantitative estimate of drug-likeness (QED) is 0.304. The van der Waals surface area contributed by atoms with E-state index in [-0.39, 0.29) is 11.3 Å². The number of aryl methyl sites for hydroxylation is 1. The van der Waals surface area contributed by atoms with E-state index in [4.69, 9.17) is 9.94 Å². The van der Waals surface area contributed by atoms with E-state index < -0.39 is 22.0 Å². The SMILES string of the molecule is O=C(NO)[C@@H](CCc1ccccc1)NS(=O)(=O)c1ccc2c(c1)Cc1ccccc1O2. The molecule has 0 saturated heterocycles. The first-order valence-electron chi connectivity index (χ1n) is 9.85. The molecule has 1 aliphatic heterocycles. The number of amides is 1. The molecule has 4 rings (SSSR count). The second kappa shape index (κ2) is 8.89. The van der Waals surface area contributed by atoms with E-state index in [9.17, 15) is 13.2 Å². The number of benzene rings is 3. The van der Waals surface area contributed by atoms with Crippen molar-refractivity contribution in [3.63, 3.8) is 0 Å². The van der Waals surface area contributed by atoms with Gasteiger partial charge in [-0.25, -0.2) is 13.9 Å². The van der Waals surface area contributed by atoms with Crippen LogP contribution in [0.1, 0.15) is 23.1 Å². The van der Waals surface area contributed by atoms with E-state index in [1.165, 1.54) is 6.07 Å². The van der Waals surface area contributed by atoms with Gasteiger partial charge in [-0.15, -0.1) is 0 Å². The van der Waals surface area contributed by atoms with Crippen molar-refractivity contribution in [2.24, 2.45) is 0 Å². The molecule has 7 nitrogen and oxygen atoms in total. The molecule has 0 spiro atoms. The lowest BCUT2D eigenvalue weighted by atomic mass is 10.0. The van der Waals surface area contributed by atoms with Gasteiger partial charge in [-0.2, -0.15) is 4.72 Å². The minimum absolute atomic E-state index is 0.0321. The lowest BCUT2D eigenvalue weighted by Gasteiger charge is -2.21. The van der Waals surface area contributed by atoms with Crippen molar-refractivity contribution in [1.82, 2.24) is 10.2 Å². The molecule has 1 aliphatic rings. The highest BCUT2D eigenvalue weighted by Gasteiger charge is 2.27. The summed E-state index contributed by atoms with van der Waals surface area (Å²) in [4.78, 5) is 12.1. The van der Waals surface area contributed by atoms with Crippen LogP contribution in [0.3, 0.4) is 0 Å². The minimum Gasteiger partial charge on any atom is -0.457 e. The summed E-state index contributed by atoms with van der Waals surface area (Å²) in [6, 6.07) is 20.5. The van der Waals surface area contributed by atoms with Gasteiger partial charge in [-0.1, -0.05) is 48.5 Å². The van der Waals surface area contributed by atoms with Gasteiger partial charge in [-0.05, 0) is 48.2 Å². The number of ether oxygens (including phenoxy) is 1. The fraction of sp³-hybridized carbons (Fsp3) is 0.174. The molecule has 0 saturated carbocycles. The normalized spacial score (nSPS) is 13.5.